The maximum atomic E-state index is 13.2. The number of sulfonamides is 1. The van der Waals surface area contributed by atoms with Crippen molar-refractivity contribution in [3.8, 4) is 5.75 Å². The average Bonchev–Trinajstić information content (AvgIpc) is 3.38. The van der Waals surface area contributed by atoms with Crippen LogP contribution in [0.1, 0.15) is 13.2 Å². The third kappa shape index (κ3) is 4.25. The van der Waals surface area contributed by atoms with Crippen LogP contribution in [0, 0.1) is 10.1 Å². The summed E-state index contributed by atoms with van der Waals surface area (Å²) >= 11 is 0. The van der Waals surface area contributed by atoms with Gasteiger partial charge in [-0.3, -0.25) is 19.5 Å². The van der Waals surface area contributed by atoms with Gasteiger partial charge in [0.1, 0.15) is 18.3 Å². The zero-order valence-electron chi connectivity index (χ0n) is 18.5. The molecule has 1 aliphatic heterocycles. The van der Waals surface area contributed by atoms with Crippen LogP contribution in [0.3, 0.4) is 0 Å². The maximum absolute atomic E-state index is 13.2. The highest BCUT2D eigenvalue weighted by atomic mass is 32.2. The fourth-order valence-corrected chi connectivity index (χ4v) is 5.36. The van der Waals surface area contributed by atoms with Gasteiger partial charge >= 0.3 is 5.69 Å². The van der Waals surface area contributed by atoms with Crippen LogP contribution in [0.15, 0.2) is 40.5 Å². The molecule has 0 aliphatic carbocycles. The standard InChI is InChI=1S/C19H22N6O9S/c1-3-23(35(31,32)10-4-5-12(33-2)11(6-10)25(29)30)7-13-15(26)16(27)19(34-13)24-9-22-14-17(24)20-8-21-18(14)28/h4-6,8-9,13,15-16,19,26-27H,3,7H2,1-2H3,(H,20,21,28)/t13-,15-,16-,19-/m1/s1. The van der Waals surface area contributed by atoms with Gasteiger partial charge in [0.2, 0.25) is 10.0 Å². The lowest BCUT2D eigenvalue weighted by Crippen LogP contribution is -2.42. The van der Waals surface area contributed by atoms with Gasteiger partial charge in [0.05, 0.1) is 29.6 Å². The molecule has 16 heteroatoms. The number of nitrogens with zero attached hydrogens (tertiary/aromatic N) is 5. The molecule has 1 aromatic carbocycles. The predicted molar refractivity (Wildman–Crippen MR) is 118 cm³/mol. The van der Waals surface area contributed by atoms with Gasteiger partial charge < -0.3 is 24.7 Å². The number of imidazole rings is 1. The number of ether oxygens (including phenoxy) is 2. The Morgan fingerprint density at radius 1 is 1.31 bits per heavy atom. The smallest absolute Gasteiger partial charge is 0.312 e. The molecule has 188 valence electrons. The molecule has 35 heavy (non-hydrogen) atoms. The Labute approximate surface area is 197 Å². The van der Waals surface area contributed by atoms with Gasteiger partial charge in [-0.25, -0.2) is 18.4 Å². The van der Waals surface area contributed by atoms with Gasteiger partial charge in [-0.15, -0.1) is 0 Å². The molecular formula is C19H22N6O9S. The number of aliphatic hydroxyl groups excluding tert-OH is 2. The van der Waals surface area contributed by atoms with Crippen LogP contribution in [0.4, 0.5) is 5.69 Å². The second-order valence-corrected chi connectivity index (χ2v) is 9.59. The number of methoxy groups -OCH3 is 1. The molecule has 0 bridgehead atoms. The first kappa shape index (κ1) is 24.7. The maximum Gasteiger partial charge on any atom is 0.312 e. The SMILES string of the molecule is CCN(C[C@H]1O[C@@H](n2cnc3c(=O)[nH]cnc32)[C@H](O)[C@@H]1O)S(=O)(=O)c1ccc(OC)c([N+](=O)[O-])c1. The summed E-state index contributed by atoms with van der Waals surface area (Å²) in [5, 5.41) is 32.5. The highest BCUT2D eigenvalue weighted by molar-refractivity contribution is 7.89. The molecule has 0 unspecified atom stereocenters. The Morgan fingerprint density at radius 3 is 2.71 bits per heavy atom. The minimum atomic E-state index is -4.25. The summed E-state index contributed by atoms with van der Waals surface area (Å²) in [5.41, 5.74) is -0.918. The van der Waals surface area contributed by atoms with Crippen molar-refractivity contribution in [3.63, 3.8) is 0 Å². The number of fused-ring (bicyclic) bond motifs is 1. The summed E-state index contributed by atoms with van der Waals surface area (Å²) in [4.78, 5) is 32.5. The van der Waals surface area contributed by atoms with Crippen LogP contribution in [0.2, 0.25) is 0 Å². The normalized spacial score (nSPS) is 22.7. The number of aliphatic hydroxyl groups is 2. The number of aromatic nitrogens is 4. The Bertz CT molecular complexity index is 1420. The molecule has 1 saturated heterocycles. The van der Waals surface area contributed by atoms with E-state index in [1.165, 1.54) is 30.1 Å². The van der Waals surface area contributed by atoms with Crippen LogP contribution >= 0.6 is 0 Å². The molecule has 0 spiro atoms. The van der Waals surface area contributed by atoms with Gasteiger partial charge in [-0.2, -0.15) is 4.31 Å². The van der Waals surface area contributed by atoms with Gasteiger partial charge in [-0.1, -0.05) is 6.92 Å². The largest absolute Gasteiger partial charge is 0.490 e. The number of aromatic amines is 1. The van der Waals surface area contributed by atoms with E-state index in [1.807, 2.05) is 0 Å². The molecule has 1 aliphatic rings. The molecule has 0 saturated carbocycles. The number of H-pyrrole nitrogens is 1. The van der Waals surface area contributed by atoms with E-state index in [-0.39, 0.29) is 34.9 Å². The van der Waals surface area contributed by atoms with Gasteiger partial charge in [0.15, 0.2) is 23.1 Å². The lowest BCUT2D eigenvalue weighted by Gasteiger charge is -2.25. The topological polar surface area (TPSA) is 203 Å². The lowest BCUT2D eigenvalue weighted by molar-refractivity contribution is -0.386. The van der Waals surface area contributed by atoms with Gasteiger partial charge in [0, 0.05) is 19.2 Å². The number of nitro groups is 1. The average molecular weight is 510 g/mol. The summed E-state index contributed by atoms with van der Waals surface area (Å²) in [6.07, 6.45) is -2.97. The third-order valence-corrected chi connectivity index (χ3v) is 7.63. The summed E-state index contributed by atoms with van der Waals surface area (Å²) < 4.78 is 39.4. The van der Waals surface area contributed by atoms with Crippen molar-refractivity contribution in [3.05, 3.63) is 51.3 Å². The van der Waals surface area contributed by atoms with E-state index in [4.69, 9.17) is 9.47 Å². The number of likely N-dealkylation sites (N-methyl/N-ethyl adjacent to an activating group) is 1. The van der Waals surface area contributed by atoms with E-state index in [0.29, 0.717) is 0 Å². The molecule has 3 N–H and O–H groups in total. The Morgan fingerprint density at radius 2 is 2.06 bits per heavy atom. The van der Waals surface area contributed by atoms with Crippen LogP contribution < -0.4 is 10.3 Å². The first-order chi connectivity index (χ1) is 16.6. The first-order valence-corrected chi connectivity index (χ1v) is 11.8. The quantitative estimate of drug-likeness (QED) is 0.257. The molecule has 3 aromatic rings. The number of nitrogens with one attached hydrogen (secondary N) is 1. The van der Waals surface area contributed by atoms with Crippen LogP contribution in [-0.4, -0.2) is 85.9 Å². The fraction of sp³-hybridized carbons (Fsp3) is 0.421. The predicted octanol–water partition coefficient (Wildman–Crippen LogP) is -0.634. The van der Waals surface area contributed by atoms with Gasteiger partial charge in [0.25, 0.3) is 5.56 Å². The third-order valence-electron chi connectivity index (χ3n) is 5.70. The van der Waals surface area contributed by atoms with Crippen molar-refractivity contribution in [2.75, 3.05) is 20.2 Å². The second kappa shape index (κ2) is 9.31. The highest BCUT2D eigenvalue weighted by Gasteiger charge is 2.46. The van der Waals surface area contributed by atoms with Crippen molar-refractivity contribution in [1.29, 1.82) is 0 Å². The number of rotatable bonds is 8. The van der Waals surface area contributed by atoms with Crippen LogP contribution in [0.5, 0.6) is 5.75 Å². The van der Waals surface area contributed by atoms with Crippen molar-refractivity contribution in [1.82, 2.24) is 23.8 Å². The second-order valence-electron chi connectivity index (χ2n) is 7.65. The minimum absolute atomic E-state index is 0.0000948. The van der Waals surface area contributed by atoms with Crippen molar-refractivity contribution >= 4 is 26.9 Å². The first-order valence-electron chi connectivity index (χ1n) is 10.3. The number of benzene rings is 1. The Hall–Kier alpha value is -3.44. The summed E-state index contributed by atoms with van der Waals surface area (Å²) in [6.45, 7) is 1.12. The van der Waals surface area contributed by atoms with E-state index >= 15 is 0 Å². The minimum Gasteiger partial charge on any atom is -0.490 e. The monoisotopic (exact) mass is 510 g/mol. The van der Waals surface area contributed by atoms with Crippen molar-refractivity contribution in [2.45, 2.75) is 36.4 Å². The Balaban J connectivity index is 1.61. The summed E-state index contributed by atoms with van der Waals surface area (Å²) in [6, 6.07) is 3.24. The van der Waals surface area contributed by atoms with E-state index in [9.17, 15) is 33.5 Å². The van der Waals surface area contributed by atoms with Gasteiger partial charge in [-0.05, 0) is 12.1 Å². The highest BCUT2D eigenvalue weighted by Crippen LogP contribution is 2.34. The molecule has 2 aromatic heterocycles. The van der Waals surface area contributed by atoms with Crippen LogP contribution in [0.25, 0.3) is 11.2 Å². The van der Waals surface area contributed by atoms with Crippen LogP contribution in [-0.2, 0) is 14.8 Å². The summed E-state index contributed by atoms with van der Waals surface area (Å²) in [5.74, 6) is -0.0995. The number of hydrogen-bond donors (Lipinski definition) is 3. The van der Waals surface area contributed by atoms with E-state index in [0.717, 1.165) is 16.7 Å². The number of nitro benzene ring substituents is 1. The summed E-state index contributed by atoms with van der Waals surface area (Å²) in [7, 11) is -3.02. The van der Waals surface area contributed by atoms with E-state index in [1.54, 1.807) is 6.92 Å². The van der Waals surface area contributed by atoms with E-state index in [2.05, 4.69) is 15.0 Å². The van der Waals surface area contributed by atoms with E-state index < -0.39 is 50.7 Å². The van der Waals surface area contributed by atoms with Crippen molar-refractivity contribution in [2.24, 2.45) is 0 Å². The molecular weight excluding hydrogens is 488 g/mol. The molecule has 4 rings (SSSR count). The molecule has 4 atom stereocenters. The zero-order chi connectivity index (χ0) is 25.5. The molecule has 1 fully saturated rings. The molecule has 15 nitrogen and oxygen atoms in total. The lowest BCUT2D eigenvalue weighted by atomic mass is 10.1. The zero-order valence-corrected chi connectivity index (χ0v) is 19.3. The Kier molecular flexibility index (Phi) is 6.56. The fourth-order valence-electron chi connectivity index (χ4n) is 3.88. The molecule has 0 amide bonds. The molecule has 0 radical (unpaired) electrons. The number of hydrogen-bond acceptors (Lipinski definition) is 11. The van der Waals surface area contributed by atoms with Crippen molar-refractivity contribution < 1.29 is 33.0 Å². The molecule has 3 heterocycles.